The van der Waals surface area contributed by atoms with Crippen LogP contribution in [0.5, 0.6) is 0 Å². The summed E-state index contributed by atoms with van der Waals surface area (Å²) in [4.78, 5) is 12.2. The number of nitrogens with one attached hydrogen (secondary N) is 2. The Hall–Kier alpha value is -1.85. The van der Waals surface area contributed by atoms with Gasteiger partial charge in [-0.3, -0.25) is 4.79 Å². The van der Waals surface area contributed by atoms with E-state index < -0.39 is 0 Å². The number of benzene rings is 1. The van der Waals surface area contributed by atoms with E-state index in [4.69, 9.17) is 0 Å². The third kappa shape index (κ3) is 5.08. The number of nitrogens with zero attached hydrogens (tertiary/aromatic N) is 2. The molecule has 0 atom stereocenters. The van der Waals surface area contributed by atoms with Crippen LogP contribution >= 0.6 is 12.4 Å². The van der Waals surface area contributed by atoms with Crippen LogP contribution in [0.1, 0.15) is 42.6 Å². The van der Waals surface area contributed by atoms with Gasteiger partial charge < -0.3 is 10.6 Å². The second-order valence-electron chi connectivity index (χ2n) is 6.91. The lowest BCUT2D eigenvalue weighted by Gasteiger charge is -2.22. The molecule has 1 aromatic carbocycles. The lowest BCUT2D eigenvalue weighted by Crippen LogP contribution is -2.29. The van der Waals surface area contributed by atoms with Gasteiger partial charge in [-0.25, -0.2) is 4.68 Å². The molecule has 5 nitrogen and oxygen atoms in total. The minimum Gasteiger partial charge on any atom is -0.352 e. The molecule has 6 heteroatoms. The molecule has 2 aromatic rings. The monoisotopic (exact) mass is 376 g/mol. The van der Waals surface area contributed by atoms with Crippen molar-refractivity contribution >= 4 is 18.3 Å². The molecule has 142 valence electrons. The zero-order valence-corrected chi connectivity index (χ0v) is 16.4. The third-order valence-corrected chi connectivity index (χ3v) is 5.14. The van der Waals surface area contributed by atoms with Gasteiger partial charge in [0, 0.05) is 24.2 Å². The fourth-order valence-electron chi connectivity index (χ4n) is 3.53. The number of para-hydroxylation sites is 1. The number of hydrogen-bond donors (Lipinski definition) is 2. The van der Waals surface area contributed by atoms with E-state index in [9.17, 15) is 4.79 Å². The Morgan fingerprint density at radius 1 is 1.23 bits per heavy atom. The van der Waals surface area contributed by atoms with Crippen molar-refractivity contribution in [2.75, 3.05) is 13.1 Å². The Kier molecular flexibility index (Phi) is 7.66. The number of aromatic nitrogens is 2. The van der Waals surface area contributed by atoms with Crippen molar-refractivity contribution in [3.05, 3.63) is 47.3 Å². The van der Waals surface area contributed by atoms with Crippen molar-refractivity contribution in [3.63, 3.8) is 0 Å². The molecule has 0 radical (unpaired) electrons. The lowest BCUT2D eigenvalue weighted by atomic mass is 9.93. The third-order valence-electron chi connectivity index (χ3n) is 5.14. The van der Waals surface area contributed by atoms with Crippen molar-refractivity contribution in [2.24, 2.45) is 5.92 Å². The van der Waals surface area contributed by atoms with Gasteiger partial charge >= 0.3 is 0 Å². The van der Waals surface area contributed by atoms with Crippen molar-refractivity contribution in [2.45, 2.75) is 46.1 Å². The molecule has 1 saturated heterocycles. The van der Waals surface area contributed by atoms with Crippen LogP contribution in [0.25, 0.3) is 5.69 Å². The molecule has 2 N–H and O–H groups in total. The molecule has 1 aromatic heterocycles. The van der Waals surface area contributed by atoms with Gasteiger partial charge in [-0.1, -0.05) is 18.2 Å². The summed E-state index contributed by atoms with van der Waals surface area (Å²) in [7, 11) is 0. The Balaban J connectivity index is 0.00000243. The summed E-state index contributed by atoms with van der Waals surface area (Å²) < 4.78 is 1.95. The summed E-state index contributed by atoms with van der Waals surface area (Å²) in [6.45, 7) is 6.79. The maximum atomic E-state index is 12.2. The number of halogens is 1. The first-order valence-corrected chi connectivity index (χ1v) is 9.23. The highest BCUT2D eigenvalue weighted by atomic mass is 35.5. The fourth-order valence-corrected chi connectivity index (χ4v) is 3.53. The molecule has 2 heterocycles. The average Bonchev–Trinajstić information content (AvgIpc) is 2.94. The van der Waals surface area contributed by atoms with Gasteiger partial charge in [-0.05, 0) is 64.3 Å². The van der Waals surface area contributed by atoms with Crippen molar-refractivity contribution < 1.29 is 4.79 Å². The zero-order chi connectivity index (χ0) is 17.6. The zero-order valence-electron chi connectivity index (χ0n) is 15.6. The molecule has 0 spiro atoms. The van der Waals surface area contributed by atoms with Gasteiger partial charge in [0.25, 0.3) is 0 Å². The highest BCUT2D eigenvalue weighted by Crippen LogP contribution is 2.19. The van der Waals surface area contributed by atoms with Gasteiger partial charge in [0.1, 0.15) is 0 Å². The van der Waals surface area contributed by atoms with Gasteiger partial charge in [-0.2, -0.15) is 5.10 Å². The smallest absolute Gasteiger partial charge is 0.220 e. The van der Waals surface area contributed by atoms with Crippen LogP contribution in [0.4, 0.5) is 0 Å². The summed E-state index contributed by atoms with van der Waals surface area (Å²) in [5, 5.41) is 11.1. The van der Waals surface area contributed by atoms with Crippen LogP contribution in [-0.2, 0) is 11.3 Å². The first-order chi connectivity index (χ1) is 12.1. The number of amides is 1. The lowest BCUT2D eigenvalue weighted by molar-refractivity contribution is -0.121. The normalized spacial score (nSPS) is 14.7. The predicted molar refractivity (Wildman–Crippen MR) is 107 cm³/mol. The highest BCUT2D eigenvalue weighted by molar-refractivity contribution is 5.85. The Bertz CT molecular complexity index is 708. The highest BCUT2D eigenvalue weighted by Gasteiger charge is 2.16. The summed E-state index contributed by atoms with van der Waals surface area (Å²) in [5.74, 6) is 0.834. The van der Waals surface area contributed by atoms with Crippen LogP contribution in [0.3, 0.4) is 0 Å². The number of carbonyl (C=O) groups is 1. The second kappa shape index (κ2) is 9.74. The SMILES string of the molecule is Cc1nn(-c2ccccc2)c(C)c1CNC(=O)CCC1CCNCC1.Cl. The molecule has 0 aliphatic carbocycles. The van der Waals surface area contributed by atoms with Crippen LogP contribution in [0, 0.1) is 19.8 Å². The van der Waals surface area contributed by atoms with Gasteiger partial charge in [0.2, 0.25) is 5.91 Å². The Morgan fingerprint density at radius 3 is 2.62 bits per heavy atom. The maximum absolute atomic E-state index is 12.2. The van der Waals surface area contributed by atoms with E-state index >= 15 is 0 Å². The van der Waals surface area contributed by atoms with Crippen molar-refractivity contribution in [3.8, 4) is 5.69 Å². The fraction of sp³-hybridized carbons (Fsp3) is 0.500. The first-order valence-electron chi connectivity index (χ1n) is 9.23. The molecule has 0 bridgehead atoms. The summed E-state index contributed by atoms with van der Waals surface area (Å²) in [6, 6.07) is 10.1. The topological polar surface area (TPSA) is 59.0 Å². The number of rotatable bonds is 6. The summed E-state index contributed by atoms with van der Waals surface area (Å²) in [5.41, 5.74) is 4.22. The second-order valence-corrected chi connectivity index (χ2v) is 6.91. The minimum atomic E-state index is 0. The summed E-state index contributed by atoms with van der Waals surface area (Å²) in [6.07, 6.45) is 4.00. The predicted octanol–water partition coefficient (Wildman–Crippen LogP) is 3.31. The van der Waals surface area contributed by atoms with Crippen LogP contribution in [-0.4, -0.2) is 28.8 Å². The van der Waals surface area contributed by atoms with E-state index in [-0.39, 0.29) is 18.3 Å². The van der Waals surface area contributed by atoms with E-state index in [1.54, 1.807) is 0 Å². The number of aryl methyl sites for hydroxylation is 1. The van der Waals surface area contributed by atoms with Crippen LogP contribution < -0.4 is 10.6 Å². The molecule has 1 fully saturated rings. The Morgan fingerprint density at radius 2 is 1.92 bits per heavy atom. The van der Waals surface area contributed by atoms with E-state index in [1.165, 1.54) is 12.8 Å². The van der Waals surface area contributed by atoms with E-state index in [0.717, 1.165) is 42.1 Å². The molecule has 1 aliphatic rings. The Labute approximate surface area is 162 Å². The molecule has 1 aliphatic heterocycles. The number of hydrogen-bond acceptors (Lipinski definition) is 3. The van der Waals surface area contributed by atoms with E-state index in [0.29, 0.717) is 18.9 Å². The van der Waals surface area contributed by atoms with Gasteiger partial charge in [0.05, 0.1) is 11.4 Å². The van der Waals surface area contributed by atoms with Gasteiger partial charge in [0.15, 0.2) is 0 Å². The largest absolute Gasteiger partial charge is 0.352 e. The molecule has 1 amide bonds. The molecule has 26 heavy (non-hydrogen) atoms. The van der Waals surface area contributed by atoms with Crippen LogP contribution in [0.15, 0.2) is 30.3 Å². The molecular weight excluding hydrogens is 348 g/mol. The van der Waals surface area contributed by atoms with Crippen molar-refractivity contribution in [1.82, 2.24) is 20.4 Å². The van der Waals surface area contributed by atoms with Crippen LogP contribution in [0.2, 0.25) is 0 Å². The quantitative estimate of drug-likeness (QED) is 0.813. The average molecular weight is 377 g/mol. The molecule has 3 rings (SSSR count). The summed E-state index contributed by atoms with van der Waals surface area (Å²) >= 11 is 0. The number of piperidine rings is 1. The van der Waals surface area contributed by atoms with E-state index in [2.05, 4.69) is 22.7 Å². The minimum absolute atomic E-state index is 0. The van der Waals surface area contributed by atoms with Crippen molar-refractivity contribution in [1.29, 1.82) is 0 Å². The molecule has 0 unspecified atom stereocenters. The maximum Gasteiger partial charge on any atom is 0.220 e. The van der Waals surface area contributed by atoms with E-state index in [1.807, 2.05) is 41.9 Å². The molecule has 0 saturated carbocycles. The standard InChI is InChI=1S/C20H28N4O.ClH/c1-15-19(16(2)24(23-15)18-6-4-3-5-7-18)14-22-20(25)9-8-17-10-12-21-13-11-17;/h3-7,17,21H,8-14H2,1-2H3,(H,22,25);1H. The first kappa shape index (κ1) is 20.5. The van der Waals surface area contributed by atoms with Gasteiger partial charge in [-0.15, -0.1) is 12.4 Å². The number of carbonyl (C=O) groups excluding carboxylic acids is 1. The molecular formula is C20H29ClN4O.